The molecule has 0 amide bonds. The van der Waals surface area contributed by atoms with Gasteiger partial charge >= 0.3 is 5.97 Å². The van der Waals surface area contributed by atoms with Gasteiger partial charge in [0.25, 0.3) is 0 Å². The number of aryl methyl sites for hydroxylation is 2. The van der Waals surface area contributed by atoms with E-state index in [2.05, 4.69) is 63.9 Å². The molecular weight excluding hydrogens is 468 g/mol. The fraction of sp³-hybridized carbons (Fsp3) is 0.207. The minimum atomic E-state index is -0.943. The maximum absolute atomic E-state index is 11.6. The Labute approximate surface area is 216 Å². The first-order chi connectivity index (χ1) is 17.4. The molecular formula is C29H28N4O2S. The van der Waals surface area contributed by atoms with Crippen molar-refractivity contribution in [2.24, 2.45) is 0 Å². The molecule has 1 aliphatic heterocycles. The van der Waals surface area contributed by atoms with E-state index in [9.17, 15) is 9.90 Å². The molecule has 36 heavy (non-hydrogen) atoms. The average molecular weight is 497 g/mol. The van der Waals surface area contributed by atoms with Crippen molar-refractivity contribution in [1.82, 2.24) is 14.9 Å². The lowest BCUT2D eigenvalue weighted by molar-refractivity contribution is 0.0697. The Bertz CT molecular complexity index is 1430. The van der Waals surface area contributed by atoms with E-state index in [4.69, 9.17) is 12.2 Å². The minimum Gasteiger partial charge on any atom is -0.478 e. The second-order valence-corrected chi connectivity index (χ2v) is 9.42. The number of anilines is 1. The molecule has 2 aromatic carbocycles. The molecule has 2 aromatic heterocycles. The van der Waals surface area contributed by atoms with Crippen molar-refractivity contribution in [3.05, 3.63) is 113 Å². The molecule has 7 heteroatoms. The Morgan fingerprint density at radius 3 is 2.47 bits per heavy atom. The van der Waals surface area contributed by atoms with Crippen molar-refractivity contribution in [2.75, 3.05) is 4.90 Å². The van der Waals surface area contributed by atoms with Gasteiger partial charge in [0, 0.05) is 29.0 Å². The SMILES string of the molecule is CCc1ccc(N2C(=S)N[C@H](c3ccccn3)[C@H]2c2cc(C)n(-c3cccc(C(=O)O)c3)c2C)cc1. The number of carboxylic acid groups (broad SMARTS) is 1. The topological polar surface area (TPSA) is 70.4 Å². The lowest BCUT2D eigenvalue weighted by Gasteiger charge is -2.28. The molecule has 1 fully saturated rings. The third-order valence-corrected chi connectivity index (χ3v) is 7.18. The van der Waals surface area contributed by atoms with Crippen LogP contribution in [0.25, 0.3) is 5.69 Å². The van der Waals surface area contributed by atoms with Gasteiger partial charge in [-0.25, -0.2) is 4.79 Å². The van der Waals surface area contributed by atoms with Gasteiger partial charge in [0.15, 0.2) is 5.11 Å². The number of hydrogen-bond acceptors (Lipinski definition) is 3. The summed E-state index contributed by atoms with van der Waals surface area (Å²) < 4.78 is 2.11. The summed E-state index contributed by atoms with van der Waals surface area (Å²) >= 11 is 5.87. The van der Waals surface area contributed by atoms with Gasteiger partial charge in [-0.2, -0.15) is 0 Å². The summed E-state index contributed by atoms with van der Waals surface area (Å²) in [6.45, 7) is 6.26. The summed E-state index contributed by atoms with van der Waals surface area (Å²) in [4.78, 5) is 18.4. The first kappa shape index (κ1) is 23.8. The van der Waals surface area contributed by atoms with Gasteiger partial charge in [0.1, 0.15) is 0 Å². The molecule has 4 aromatic rings. The number of carbonyl (C=O) groups is 1. The summed E-state index contributed by atoms with van der Waals surface area (Å²) in [6.07, 6.45) is 2.77. The summed E-state index contributed by atoms with van der Waals surface area (Å²) in [5, 5.41) is 13.7. The van der Waals surface area contributed by atoms with E-state index in [0.717, 1.165) is 40.4 Å². The van der Waals surface area contributed by atoms with Crippen LogP contribution in [-0.2, 0) is 6.42 Å². The highest BCUT2D eigenvalue weighted by Gasteiger charge is 2.42. The van der Waals surface area contributed by atoms with E-state index >= 15 is 0 Å². The average Bonchev–Trinajstić information content (AvgIpc) is 3.39. The highest BCUT2D eigenvalue weighted by molar-refractivity contribution is 7.80. The molecule has 1 aliphatic rings. The molecule has 0 bridgehead atoms. The van der Waals surface area contributed by atoms with Crippen LogP contribution < -0.4 is 10.2 Å². The second-order valence-electron chi connectivity index (χ2n) is 9.03. The molecule has 2 atom stereocenters. The van der Waals surface area contributed by atoms with Crippen LogP contribution in [0, 0.1) is 13.8 Å². The second kappa shape index (κ2) is 9.59. The number of hydrogen-bond donors (Lipinski definition) is 2. The maximum Gasteiger partial charge on any atom is 0.335 e. The molecule has 6 nitrogen and oxygen atoms in total. The fourth-order valence-electron chi connectivity index (χ4n) is 5.10. The summed E-state index contributed by atoms with van der Waals surface area (Å²) in [6, 6.07) is 23.4. The lowest BCUT2D eigenvalue weighted by Crippen LogP contribution is -2.29. The molecule has 2 N–H and O–H groups in total. The molecule has 0 spiro atoms. The van der Waals surface area contributed by atoms with Gasteiger partial charge in [-0.3, -0.25) is 4.98 Å². The molecule has 3 heterocycles. The number of nitrogens with zero attached hydrogens (tertiary/aromatic N) is 3. The standard InChI is InChI=1S/C29H28N4O2S/c1-4-20-11-13-22(14-12-20)33-27(26(31-29(33)36)25-10-5-6-15-30-25)24-16-18(2)32(19(24)3)23-9-7-8-21(17-23)28(34)35/h5-17,26-27H,4H2,1-3H3,(H,31,36)(H,34,35)/t26-,27-/m1/s1. The molecule has 5 rings (SSSR count). The van der Waals surface area contributed by atoms with Crippen LogP contribution in [0.2, 0.25) is 0 Å². The Morgan fingerprint density at radius 2 is 1.81 bits per heavy atom. The van der Waals surface area contributed by atoms with E-state index in [1.54, 1.807) is 24.4 Å². The number of nitrogens with one attached hydrogen (secondary N) is 1. The largest absolute Gasteiger partial charge is 0.478 e. The van der Waals surface area contributed by atoms with Crippen LogP contribution in [0.4, 0.5) is 5.69 Å². The third-order valence-electron chi connectivity index (χ3n) is 6.86. The van der Waals surface area contributed by atoms with Gasteiger partial charge in [0.05, 0.1) is 23.3 Å². The molecule has 0 radical (unpaired) electrons. The van der Waals surface area contributed by atoms with Gasteiger partial charge in [-0.15, -0.1) is 0 Å². The number of benzene rings is 2. The quantitative estimate of drug-likeness (QED) is 0.323. The zero-order valence-corrected chi connectivity index (χ0v) is 21.3. The predicted octanol–water partition coefficient (Wildman–Crippen LogP) is 5.93. The van der Waals surface area contributed by atoms with Gasteiger partial charge in [0.2, 0.25) is 0 Å². The zero-order valence-electron chi connectivity index (χ0n) is 20.5. The molecule has 1 saturated heterocycles. The van der Waals surface area contributed by atoms with Crippen molar-refractivity contribution in [3.63, 3.8) is 0 Å². The monoisotopic (exact) mass is 496 g/mol. The maximum atomic E-state index is 11.6. The number of aromatic nitrogens is 2. The highest BCUT2D eigenvalue weighted by Crippen LogP contribution is 2.43. The van der Waals surface area contributed by atoms with E-state index in [1.807, 2.05) is 31.2 Å². The van der Waals surface area contributed by atoms with Crippen molar-refractivity contribution in [1.29, 1.82) is 0 Å². The first-order valence-electron chi connectivity index (χ1n) is 12.0. The molecule has 0 aliphatic carbocycles. The summed E-state index contributed by atoms with van der Waals surface area (Å²) in [5.74, 6) is -0.943. The summed E-state index contributed by atoms with van der Waals surface area (Å²) in [7, 11) is 0. The van der Waals surface area contributed by atoms with Crippen LogP contribution >= 0.6 is 12.2 Å². The van der Waals surface area contributed by atoms with Crippen LogP contribution in [0.5, 0.6) is 0 Å². The number of pyridine rings is 1. The lowest BCUT2D eigenvalue weighted by atomic mass is 9.96. The number of carboxylic acids is 1. The van der Waals surface area contributed by atoms with Gasteiger partial charge < -0.3 is 19.9 Å². The Morgan fingerprint density at radius 1 is 1.03 bits per heavy atom. The van der Waals surface area contributed by atoms with E-state index < -0.39 is 5.97 Å². The third kappa shape index (κ3) is 4.16. The van der Waals surface area contributed by atoms with E-state index in [1.165, 1.54) is 5.56 Å². The minimum absolute atomic E-state index is 0.137. The fourth-order valence-corrected chi connectivity index (χ4v) is 5.45. The van der Waals surface area contributed by atoms with Crippen molar-refractivity contribution in [2.45, 2.75) is 39.3 Å². The Balaban J connectivity index is 1.66. The van der Waals surface area contributed by atoms with Crippen molar-refractivity contribution < 1.29 is 9.90 Å². The molecule has 182 valence electrons. The zero-order chi connectivity index (χ0) is 25.4. The van der Waals surface area contributed by atoms with Gasteiger partial charge in [-0.05, 0) is 92.1 Å². The van der Waals surface area contributed by atoms with E-state index in [-0.39, 0.29) is 17.6 Å². The van der Waals surface area contributed by atoms with Gasteiger partial charge in [-0.1, -0.05) is 31.2 Å². The van der Waals surface area contributed by atoms with Crippen molar-refractivity contribution in [3.8, 4) is 5.69 Å². The summed E-state index contributed by atoms with van der Waals surface area (Å²) in [5.41, 5.74) is 7.43. The van der Waals surface area contributed by atoms with Crippen LogP contribution in [0.15, 0.2) is 79.0 Å². The van der Waals surface area contributed by atoms with Crippen molar-refractivity contribution >= 4 is 29.0 Å². The van der Waals surface area contributed by atoms with Crippen LogP contribution in [-0.4, -0.2) is 25.7 Å². The molecule has 0 unspecified atom stereocenters. The first-order valence-corrected chi connectivity index (χ1v) is 12.4. The Hall–Kier alpha value is -3.97. The number of rotatable bonds is 6. The number of thiocarbonyl (C=S) groups is 1. The normalized spacial score (nSPS) is 17.3. The van der Waals surface area contributed by atoms with Crippen LogP contribution in [0.3, 0.4) is 0 Å². The highest BCUT2D eigenvalue weighted by atomic mass is 32.1. The number of aromatic carboxylic acids is 1. The smallest absolute Gasteiger partial charge is 0.335 e. The Kier molecular flexibility index (Phi) is 6.33. The molecule has 0 saturated carbocycles. The van der Waals surface area contributed by atoms with Crippen LogP contribution in [0.1, 0.15) is 57.6 Å². The predicted molar refractivity (Wildman–Crippen MR) is 146 cm³/mol. The van der Waals surface area contributed by atoms with E-state index in [0.29, 0.717) is 5.11 Å².